The lowest BCUT2D eigenvalue weighted by atomic mass is 9.85. The summed E-state index contributed by atoms with van der Waals surface area (Å²) in [5, 5.41) is 1.96. The molecule has 0 amide bonds. The first-order valence-corrected chi connectivity index (χ1v) is 17.1. The Labute approximate surface area is 241 Å². The van der Waals surface area contributed by atoms with E-state index in [0.717, 1.165) is 14.8 Å². The standard InChI is InChI=1S/C30H35BrO6SSi/c1-30(2,3)39(27-11-7-5-8-12-27,28-13-9-6-10-14-28)37-25-20-22(29(32)35-4)19-24(21-25)36-38(33,34)26-17-15-23(31)16-18-26/h5-18,22,24-25H,19-21H2,1-4H3/t22-,24+,25+/m0/s1. The van der Waals surface area contributed by atoms with E-state index in [0.29, 0.717) is 12.8 Å². The average molecular weight is 632 g/mol. The third-order valence-electron chi connectivity index (χ3n) is 7.28. The van der Waals surface area contributed by atoms with Gasteiger partial charge >= 0.3 is 5.97 Å². The second-order valence-corrected chi connectivity index (χ2v) is 17.7. The highest BCUT2D eigenvalue weighted by Crippen LogP contribution is 2.41. The number of hydrogen-bond acceptors (Lipinski definition) is 6. The molecule has 39 heavy (non-hydrogen) atoms. The molecule has 208 valence electrons. The Morgan fingerprint density at radius 3 is 1.82 bits per heavy atom. The molecule has 0 bridgehead atoms. The minimum Gasteiger partial charge on any atom is -0.469 e. The maximum Gasteiger partial charge on any atom is 0.308 e. The second-order valence-electron chi connectivity index (χ2n) is 11.0. The van der Waals surface area contributed by atoms with Gasteiger partial charge in [0.2, 0.25) is 0 Å². The Balaban J connectivity index is 1.73. The van der Waals surface area contributed by atoms with Gasteiger partial charge in [0.25, 0.3) is 18.4 Å². The van der Waals surface area contributed by atoms with Gasteiger partial charge in [0.15, 0.2) is 0 Å². The van der Waals surface area contributed by atoms with Gasteiger partial charge < -0.3 is 9.16 Å². The average Bonchev–Trinajstić information content (AvgIpc) is 2.91. The van der Waals surface area contributed by atoms with Crippen molar-refractivity contribution in [3.8, 4) is 0 Å². The molecule has 3 atom stereocenters. The third kappa shape index (κ3) is 6.54. The summed E-state index contributed by atoms with van der Waals surface area (Å²) >= 11 is 3.33. The number of carbonyl (C=O) groups excluding carboxylic acids is 1. The van der Waals surface area contributed by atoms with E-state index in [9.17, 15) is 13.2 Å². The van der Waals surface area contributed by atoms with Gasteiger partial charge in [0, 0.05) is 17.0 Å². The van der Waals surface area contributed by atoms with Gasteiger partial charge in [0.1, 0.15) is 0 Å². The van der Waals surface area contributed by atoms with Crippen LogP contribution in [0.2, 0.25) is 5.04 Å². The summed E-state index contributed by atoms with van der Waals surface area (Å²) in [6.07, 6.45) is -0.148. The highest BCUT2D eigenvalue weighted by molar-refractivity contribution is 9.10. The molecule has 0 heterocycles. The molecule has 1 aliphatic carbocycles. The van der Waals surface area contributed by atoms with E-state index >= 15 is 0 Å². The molecule has 3 aromatic carbocycles. The summed E-state index contributed by atoms with van der Waals surface area (Å²) in [7, 11) is -5.63. The molecule has 1 aliphatic rings. The van der Waals surface area contributed by atoms with Crippen LogP contribution in [-0.4, -0.2) is 42.0 Å². The van der Waals surface area contributed by atoms with Crippen molar-refractivity contribution in [2.45, 2.75) is 62.2 Å². The molecular formula is C30H35BrO6SSi. The molecule has 4 rings (SSSR count). The molecule has 6 nitrogen and oxygen atoms in total. The summed E-state index contributed by atoms with van der Waals surface area (Å²) < 4.78 is 45.2. The summed E-state index contributed by atoms with van der Waals surface area (Å²) in [5.41, 5.74) is 0. The molecule has 3 aromatic rings. The van der Waals surface area contributed by atoms with Crippen LogP contribution in [0.25, 0.3) is 0 Å². The lowest BCUT2D eigenvalue weighted by Gasteiger charge is -2.47. The van der Waals surface area contributed by atoms with Crippen LogP contribution < -0.4 is 10.4 Å². The Morgan fingerprint density at radius 2 is 1.33 bits per heavy atom. The van der Waals surface area contributed by atoms with Crippen LogP contribution in [0, 0.1) is 5.92 Å². The lowest BCUT2D eigenvalue weighted by Crippen LogP contribution is -2.68. The highest BCUT2D eigenvalue weighted by atomic mass is 79.9. The van der Waals surface area contributed by atoms with Gasteiger partial charge in [-0.2, -0.15) is 8.42 Å². The zero-order valence-electron chi connectivity index (χ0n) is 22.7. The van der Waals surface area contributed by atoms with E-state index in [-0.39, 0.29) is 22.3 Å². The minimum absolute atomic E-state index is 0.0651. The minimum atomic E-state index is -4.05. The first-order chi connectivity index (χ1) is 18.5. The van der Waals surface area contributed by atoms with Gasteiger partial charge in [0.05, 0.1) is 24.0 Å². The van der Waals surface area contributed by atoms with Crippen molar-refractivity contribution in [1.82, 2.24) is 0 Å². The number of carbonyl (C=O) groups is 1. The van der Waals surface area contributed by atoms with Gasteiger partial charge in [-0.1, -0.05) is 97.4 Å². The predicted octanol–water partition coefficient (Wildman–Crippen LogP) is 5.44. The summed E-state index contributed by atoms with van der Waals surface area (Å²) in [6, 6.07) is 26.8. The first-order valence-electron chi connectivity index (χ1n) is 13.0. The number of esters is 1. The van der Waals surface area contributed by atoms with Crippen LogP contribution in [0.15, 0.2) is 94.3 Å². The van der Waals surface area contributed by atoms with Crippen LogP contribution in [-0.2, 0) is 28.3 Å². The third-order valence-corrected chi connectivity index (χ3v) is 14.3. The topological polar surface area (TPSA) is 78.9 Å². The second kappa shape index (κ2) is 12.1. The summed E-state index contributed by atoms with van der Waals surface area (Å²) in [4.78, 5) is 12.8. The molecule has 1 saturated carbocycles. The number of hydrogen-bond donors (Lipinski definition) is 0. The fraction of sp³-hybridized carbons (Fsp3) is 0.367. The van der Waals surface area contributed by atoms with E-state index in [2.05, 4.69) is 61.0 Å². The zero-order chi connectivity index (χ0) is 28.3. The number of ether oxygens (including phenoxy) is 1. The van der Waals surface area contributed by atoms with Crippen molar-refractivity contribution in [3.05, 3.63) is 89.4 Å². The number of methoxy groups -OCH3 is 1. The molecule has 0 spiro atoms. The van der Waals surface area contributed by atoms with Crippen LogP contribution in [0.4, 0.5) is 0 Å². The normalized spacial score (nSPS) is 20.4. The number of rotatable bonds is 8. The van der Waals surface area contributed by atoms with Gasteiger partial charge in [-0.25, -0.2) is 0 Å². The predicted molar refractivity (Wildman–Crippen MR) is 158 cm³/mol. The van der Waals surface area contributed by atoms with Crippen LogP contribution in [0.5, 0.6) is 0 Å². The van der Waals surface area contributed by atoms with E-state index in [1.165, 1.54) is 19.2 Å². The fourth-order valence-electron chi connectivity index (χ4n) is 5.53. The van der Waals surface area contributed by atoms with Gasteiger partial charge in [-0.05, 0) is 52.5 Å². The van der Waals surface area contributed by atoms with Crippen molar-refractivity contribution in [2.24, 2.45) is 5.92 Å². The van der Waals surface area contributed by atoms with Crippen molar-refractivity contribution in [3.63, 3.8) is 0 Å². The molecule has 0 radical (unpaired) electrons. The van der Waals surface area contributed by atoms with Gasteiger partial charge in [-0.3, -0.25) is 8.98 Å². The number of benzene rings is 3. The Bertz CT molecular complexity index is 1320. The van der Waals surface area contributed by atoms with Crippen LogP contribution in [0.3, 0.4) is 0 Å². The van der Waals surface area contributed by atoms with E-state index in [1.807, 2.05) is 36.4 Å². The Kier molecular flexibility index (Phi) is 9.18. The molecule has 0 aromatic heterocycles. The fourth-order valence-corrected chi connectivity index (χ4v) is 11.6. The first kappa shape index (κ1) is 29.7. The number of halogens is 1. The SMILES string of the molecule is COC(=O)[C@@H]1C[C@@H](O[Si](c2ccccc2)(c2ccccc2)C(C)(C)C)C[C@H](OS(=O)(=O)c2ccc(Br)cc2)C1. The molecule has 0 aliphatic heterocycles. The molecule has 1 fully saturated rings. The van der Waals surface area contributed by atoms with E-state index in [1.54, 1.807) is 12.1 Å². The quantitative estimate of drug-likeness (QED) is 0.187. The van der Waals surface area contributed by atoms with Crippen molar-refractivity contribution < 1.29 is 26.6 Å². The summed E-state index contributed by atoms with van der Waals surface area (Å²) in [6.45, 7) is 6.56. The largest absolute Gasteiger partial charge is 0.469 e. The maximum atomic E-state index is 13.2. The van der Waals surface area contributed by atoms with Crippen molar-refractivity contribution in [2.75, 3.05) is 7.11 Å². The zero-order valence-corrected chi connectivity index (χ0v) is 26.1. The van der Waals surface area contributed by atoms with Gasteiger partial charge in [-0.15, -0.1) is 0 Å². The molecule has 0 unspecified atom stereocenters. The van der Waals surface area contributed by atoms with E-state index < -0.39 is 36.6 Å². The maximum absolute atomic E-state index is 13.2. The van der Waals surface area contributed by atoms with Crippen LogP contribution in [0.1, 0.15) is 40.0 Å². The molecule has 0 saturated heterocycles. The van der Waals surface area contributed by atoms with Crippen molar-refractivity contribution >= 4 is 50.7 Å². The Hall–Kier alpha value is -2.30. The monoisotopic (exact) mass is 630 g/mol. The Morgan fingerprint density at radius 1 is 0.821 bits per heavy atom. The summed E-state index contributed by atoms with van der Waals surface area (Å²) in [5.74, 6) is -0.933. The molecule has 0 N–H and O–H groups in total. The smallest absolute Gasteiger partial charge is 0.308 e. The van der Waals surface area contributed by atoms with E-state index in [4.69, 9.17) is 13.3 Å². The highest BCUT2D eigenvalue weighted by Gasteiger charge is 2.52. The molecular weight excluding hydrogens is 596 g/mol. The molecule has 9 heteroatoms. The van der Waals surface area contributed by atoms with Crippen LogP contribution >= 0.6 is 15.9 Å². The van der Waals surface area contributed by atoms with Crippen molar-refractivity contribution in [1.29, 1.82) is 0 Å². The lowest BCUT2D eigenvalue weighted by molar-refractivity contribution is -0.149.